The lowest BCUT2D eigenvalue weighted by Gasteiger charge is -2.21. The van der Waals surface area contributed by atoms with Crippen molar-refractivity contribution in [2.24, 2.45) is 0 Å². The summed E-state index contributed by atoms with van der Waals surface area (Å²) in [6.45, 7) is 1.24. The number of hydrogen-bond donors (Lipinski definition) is 2. The van der Waals surface area contributed by atoms with Gasteiger partial charge in [-0.05, 0) is 13.0 Å². The van der Waals surface area contributed by atoms with Gasteiger partial charge in [-0.25, -0.2) is 9.18 Å². The lowest BCUT2D eigenvalue weighted by atomic mass is 10.0. The third-order valence-corrected chi connectivity index (χ3v) is 3.40. The zero-order valence-corrected chi connectivity index (χ0v) is 11.8. The summed E-state index contributed by atoms with van der Waals surface area (Å²) in [6, 6.07) is 5.05. The molecule has 7 heteroatoms. The predicted octanol–water partition coefficient (Wildman–Crippen LogP) is 0.816. The van der Waals surface area contributed by atoms with Crippen molar-refractivity contribution in [3.63, 3.8) is 0 Å². The number of ether oxygens (including phenoxy) is 1. The Kier molecular flexibility index (Phi) is 4.24. The van der Waals surface area contributed by atoms with Gasteiger partial charge in [0.25, 0.3) is 5.91 Å². The number of β-amino-alcohol motifs (C(OH)–C–C–N with tert-alkyl or cyclic N) is 1. The number of imide groups is 1. The van der Waals surface area contributed by atoms with E-state index in [1.807, 2.05) is 0 Å². The van der Waals surface area contributed by atoms with Gasteiger partial charge in [0.2, 0.25) is 0 Å². The number of halogens is 1. The highest BCUT2D eigenvalue weighted by molar-refractivity contribution is 6.06. The molecule has 6 nitrogen and oxygen atoms in total. The number of nitrogens with zero attached hydrogens (tertiary/aromatic N) is 1. The highest BCUT2D eigenvalue weighted by atomic mass is 19.1. The van der Waals surface area contributed by atoms with E-state index < -0.39 is 29.4 Å². The van der Waals surface area contributed by atoms with Crippen LogP contribution in [-0.2, 0) is 9.53 Å². The fourth-order valence-electron chi connectivity index (χ4n) is 2.32. The van der Waals surface area contributed by atoms with Crippen LogP contribution in [0.25, 0.3) is 0 Å². The lowest BCUT2D eigenvalue weighted by Crippen LogP contribution is -2.48. The van der Waals surface area contributed by atoms with Gasteiger partial charge in [0.05, 0.1) is 19.3 Å². The van der Waals surface area contributed by atoms with E-state index in [-0.39, 0.29) is 18.7 Å². The van der Waals surface area contributed by atoms with Gasteiger partial charge < -0.3 is 15.2 Å². The standard InChI is InChI=1S/C14H17FN2O4/c1-14(8-21-2)12(19)17(13(20)16-14)7-11(18)9-5-3-4-6-10(9)15/h3-6,11,18H,7-8H2,1-2H3,(H,16,20)/t11-,14-/m1/s1. The normalized spacial score (nSPS) is 23.3. The van der Waals surface area contributed by atoms with Crippen molar-refractivity contribution >= 4 is 11.9 Å². The second-order valence-corrected chi connectivity index (χ2v) is 5.15. The Bertz CT molecular complexity index is 566. The SMILES string of the molecule is COC[C@@]1(C)NC(=O)N(C[C@@H](O)c2ccccc2F)C1=O. The first-order chi connectivity index (χ1) is 9.89. The number of carbonyl (C=O) groups excluding carboxylic acids is 2. The summed E-state index contributed by atoms with van der Waals surface area (Å²) in [5.41, 5.74) is -1.13. The van der Waals surface area contributed by atoms with Crippen molar-refractivity contribution in [3.05, 3.63) is 35.6 Å². The number of aliphatic hydroxyl groups excluding tert-OH is 1. The van der Waals surface area contributed by atoms with Crippen molar-refractivity contribution in [1.82, 2.24) is 10.2 Å². The molecule has 2 N–H and O–H groups in total. The van der Waals surface area contributed by atoms with Crippen LogP contribution in [0.2, 0.25) is 0 Å². The Morgan fingerprint density at radius 3 is 2.71 bits per heavy atom. The van der Waals surface area contributed by atoms with Gasteiger partial charge in [-0.2, -0.15) is 0 Å². The summed E-state index contributed by atoms with van der Waals surface area (Å²) in [5, 5.41) is 12.6. The molecule has 0 aliphatic carbocycles. The fraction of sp³-hybridized carbons (Fsp3) is 0.429. The maximum atomic E-state index is 13.6. The van der Waals surface area contributed by atoms with Crippen LogP contribution in [-0.4, -0.2) is 47.7 Å². The number of methoxy groups -OCH3 is 1. The molecular weight excluding hydrogens is 279 g/mol. The highest BCUT2D eigenvalue weighted by Crippen LogP contribution is 2.23. The van der Waals surface area contributed by atoms with E-state index in [0.717, 1.165) is 4.90 Å². The minimum Gasteiger partial charge on any atom is -0.386 e. The maximum Gasteiger partial charge on any atom is 0.325 e. The number of amides is 3. The highest BCUT2D eigenvalue weighted by Gasteiger charge is 2.48. The molecule has 0 radical (unpaired) electrons. The molecule has 2 rings (SSSR count). The topological polar surface area (TPSA) is 78.9 Å². The molecular formula is C14H17FN2O4. The maximum absolute atomic E-state index is 13.6. The van der Waals surface area contributed by atoms with Gasteiger partial charge in [0.1, 0.15) is 11.4 Å². The average Bonchev–Trinajstić information content (AvgIpc) is 2.63. The van der Waals surface area contributed by atoms with Gasteiger partial charge in [0, 0.05) is 12.7 Å². The second-order valence-electron chi connectivity index (χ2n) is 5.15. The van der Waals surface area contributed by atoms with Crippen LogP contribution in [0, 0.1) is 5.82 Å². The molecule has 1 aromatic carbocycles. The van der Waals surface area contributed by atoms with Crippen molar-refractivity contribution in [2.45, 2.75) is 18.6 Å². The molecule has 21 heavy (non-hydrogen) atoms. The molecule has 0 aromatic heterocycles. The first-order valence-corrected chi connectivity index (χ1v) is 6.44. The number of carbonyl (C=O) groups is 2. The Labute approximate surface area is 121 Å². The molecule has 1 aliphatic rings. The number of benzene rings is 1. The molecule has 1 heterocycles. The van der Waals surface area contributed by atoms with E-state index in [4.69, 9.17) is 4.74 Å². The monoisotopic (exact) mass is 296 g/mol. The largest absolute Gasteiger partial charge is 0.386 e. The van der Waals surface area contributed by atoms with E-state index in [1.165, 1.54) is 32.2 Å². The van der Waals surface area contributed by atoms with E-state index in [9.17, 15) is 19.1 Å². The van der Waals surface area contributed by atoms with Gasteiger partial charge in [-0.3, -0.25) is 9.69 Å². The van der Waals surface area contributed by atoms with Crippen LogP contribution in [0.15, 0.2) is 24.3 Å². The summed E-state index contributed by atoms with van der Waals surface area (Å²) in [5.74, 6) is -1.10. The summed E-state index contributed by atoms with van der Waals surface area (Å²) >= 11 is 0. The summed E-state index contributed by atoms with van der Waals surface area (Å²) in [6.07, 6.45) is -1.29. The number of rotatable bonds is 5. The first-order valence-electron chi connectivity index (χ1n) is 6.44. The van der Waals surface area contributed by atoms with E-state index >= 15 is 0 Å². The van der Waals surface area contributed by atoms with Crippen molar-refractivity contribution in [2.75, 3.05) is 20.3 Å². The van der Waals surface area contributed by atoms with E-state index in [0.29, 0.717) is 0 Å². The number of urea groups is 1. The molecule has 114 valence electrons. The van der Waals surface area contributed by atoms with E-state index in [1.54, 1.807) is 6.07 Å². The van der Waals surface area contributed by atoms with Crippen LogP contribution in [0.1, 0.15) is 18.6 Å². The lowest BCUT2D eigenvalue weighted by molar-refractivity contribution is -0.133. The number of nitrogens with one attached hydrogen (secondary N) is 1. The van der Waals surface area contributed by atoms with Crippen molar-refractivity contribution in [1.29, 1.82) is 0 Å². The van der Waals surface area contributed by atoms with E-state index in [2.05, 4.69) is 5.32 Å². The smallest absolute Gasteiger partial charge is 0.325 e. The molecule has 0 unspecified atom stereocenters. The molecule has 1 fully saturated rings. The number of hydrogen-bond acceptors (Lipinski definition) is 4. The van der Waals surface area contributed by atoms with Crippen LogP contribution < -0.4 is 5.32 Å². The molecule has 1 saturated heterocycles. The molecule has 1 aromatic rings. The molecule has 2 atom stereocenters. The van der Waals surface area contributed by atoms with Crippen molar-refractivity contribution < 1.29 is 23.8 Å². The summed E-state index contributed by atoms with van der Waals surface area (Å²) < 4.78 is 18.5. The molecule has 0 spiro atoms. The van der Waals surface area contributed by atoms with Crippen molar-refractivity contribution in [3.8, 4) is 0 Å². The molecule has 1 aliphatic heterocycles. The Hall–Kier alpha value is -1.99. The van der Waals surface area contributed by atoms with Crippen LogP contribution in [0.5, 0.6) is 0 Å². The zero-order chi connectivity index (χ0) is 15.6. The van der Waals surface area contributed by atoms with Gasteiger partial charge >= 0.3 is 6.03 Å². The summed E-state index contributed by atoms with van der Waals surface area (Å²) in [4.78, 5) is 25.0. The minimum atomic E-state index is -1.29. The molecule has 3 amide bonds. The Morgan fingerprint density at radius 1 is 1.43 bits per heavy atom. The second kappa shape index (κ2) is 5.79. The third kappa shape index (κ3) is 2.88. The van der Waals surface area contributed by atoms with Crippen LogP contribution >= 0.6 is 0 Å². The average molecular weight is 296 g/mol. The Morgan fingerprint density at radius 2 is 2.10 bits per heavy atom. The van der Waals surface area contributed by atoms with Crippen LogP contribution in [0.4, 0.5) is 9.18 Å². The summed E-state index contributed by atoms with van der Waals surface area (Å²) in [7, 11) is 1.42. The Balaban J connectivity index is 2.15. The quantitative estimate of drug-likeness (QED) is 0.788. The molecule has 0 bridgehead atoms. The minimum absolute atomic E-state index is 0.0177. The fourth-order valence-corrected chi connectivity index (χ4v) is 2.32. The number of aliphatic hydroxyl groups is 1. The predicted molar refractivity (Wildman–Crippen MR) is 71.9 cm³/mol. The van der Waals surface area contributed by atoms with Crippen LogP contribution in [0.3, 0.4) is 0 Å². The third-order valence-electron chi connectivity index (χ3n) is 3.40. The van der Waals surface area contributed by atoms with Gasteiger partial charge in [0.15, 0.2) is 0 Å². The molecule has 0 saturated carbocycles. The van der Waals surface area contributed by atoms with Gasteiger partial charge in [-0.15, -0.1) is 0 Å². The zero-order valence-electron chi connectivity index (χ0n) is 11.8. The first kappa shape index (κ1) is 15.4. The van der Waals surface area contributed by atoms with Gasteiger partial charge in [-0.1, -0.05) is 18.2 Å².